The van der Waals surface area contributed by atoms with Gasteiger partial charge in [0.2, 0.25) is 0 Å². The van der Waals surface area contributed by atoms with Gasteiger partial charge >= 0.3 is 0 Å². The predicted octanol–water partition coefficient (Wildman–Crippen LogP) is 0.714. The fourth-order valence-corrected chi connectivity index (χ4v) is 1.69. The third-order valence-electron chi connectivity index (χ3n) is 2.59. The van der Waals surface area contributed by atoms with E-state index in [1.807, 2.05) is 13.8 Å². The molecule has 1 aliphatic rings. The van der Waals surface area contributed by atoms with Crippen molar-refractivity contribution in [3.63, 3.8) is 0 Å². The highest BCUT2D eigenvalue weighted by atomic mass is 16.3. The summed E-state index contributed by atoms with van der Waals surface area (Å²) in [6.45, 7) is 4.58. The number of aliphatic hydroxyl groups excluding tert-OH is 1. The van der Waals surface area contributed by atoms with Gasteiger partial charge in [-0.1, -0.05) is 20.3 Å². The monoisotopic (exact) mass is 185 g/mol. The van der Waals surface area contributed by atoms with Crippen molar-refractivity contribution in [2.24, 2.45) is 5.92 Å². The summed E-state index contributed by atoms with van der Waals surface area (Å²) < 4.78 is 0. The van der Waals surface area contributed by atoms with Gasteiger partial charge in [0.25, 0.3) is 0 Å². The molecule has 0 bridgehead atoms. The van der Waals surface area contributed by atoms with E-state index in [0.717, 1.165) is 25.8 Å². The second-order valence-corrected chi connectivity index (χ2v) is 4.06. The molecule has 2 N–H and O–H groups in total. The summed E-state index contributed by atoms with van der Waals surface area (Å²) >= 11 is 0. The number of hydrogen-bond acceptors (Lipinski definition) is 3. The van der Waals surface area contributed by atoms with Gasteiger partial charge in [0.1, 0.15) is 6.10 Å². The fourth-order valence-electron chi connectivity index (χ4n) is 1.69. The molecule has 2 atom stereocenters. The van der Waals surface area contributed by atoms with Crippen molar-refractivity contribution < 1.29 is 9.90 Å². The Kier molecular flexibility index (Phi) is 3.88. The van der Waals surface area contributed by atoms with Gasteiger partial charge in [0, 0.05) is 12.0 Å². The first-order valence-electron chi connectivity index (χ1n) is 5.08. The molecule has 1 heterocycles. The lowest BCUT2D eigenvalue weighted by Crippen LogP contribution is -2.47. The number of aliphatic hydroxyl groups is 1. The molecule has 0 aromatic carbocycles. The van der Waals surface area contributed by atoms with E-state index < -0.39 is 6.10 Å². The first-order chi connectivity index (χ1) is 6.13. The molecule has 76 valence electrons. The molecule has 1 rings (SSSR count). The Balaban J connectivity index is 2.45. The SMILES string of the molecule is CC(C)C(=O)C(O)C1CCCCN1. The maximum absolute atomic E-state index is 11.5. The van der Waals surface area contributed by atoms with Crippen molar-refractivity contribution in [3.8, 4) is 0 Å². The van der Waals surface area contributed by atoms with E-state index in [9.17, 15) is 9.90 Å². The van der Waals surface area contributed by atoms with Gasteiger partial charge in [-0.3, -0.25) is 4.79 Å². The number of ketones is 1. The molecule has 3 heteroatoms. The van der Waals surface area contributed by atoms with Crippen LogP contribution >= 0.6 is 0 Å². The first-order valence-corrected chi connectivity index (χ1v) is 5.08. The van der Waals surface area contributed by atoms with Gasteiger partial charge in [0.05, 0.1) is 0 Å². The summed E-state index contributed by atoms with van der Waals surface area (Å²) in [7, 11) is 0. The van der Waals surface area contributed by atoms with Crippen LogP contribution in [0, 0.1) is 5.92 Å². The lowest BCUT2D eigenvalue weighted by Gasteiger charge is -2.27. The summed E-state index contributed by atoms with van der Waals surface area (Å²) in [6.07, 6.45) is 2.37. The Morgan fingerprint density at radius 1 is 1.46 bits per heavy atom. The largest absolute Gasteiger partial charge is 0.384 e. The zero-order valence-electron chi connectivity index (χ0n) is 8.42. The molecule has 2 unspecified atom stereocenters. The minimum atomic E-state index is -0.805. The lowest BCUT2D eigenvalue weighted by molar-refractivity contribution is -0.132. The first kappa shape index (κ1) is 10.7. The van der Waals surface area contributed by atoms with Crippen molar-refractivity contribution >= 4 is 5.78 Å². The molecule has 0 spiro atoms. The van der Waals surface area contributed by atoms with Crippen molar-refractivity contribution in [1.29, 1.82) is 0 Å². The second kappa shape index (κ2) is 4.72. The Morgan fingerprint density at radius 2 is 2.15 bits per heavy atom. The topological polar surface area (TPSA) is 49.3 Å². The average molecular weight is 185 g/mol. The molecular formula is C10H19NO2. The summed E-state index contributed by atoms with van der Waals surface area (Å²) in [6, 6.07) is -0.0105. The van der Waals surface area contributed by atoms with Crippen molar-refractivity contribution in [2.45, 2.75) is 45.3 Å². The molecule has 0 radical (unpaired) electrons. The van der Waals surface area contributed by atoms with Crippen molar-refractivity contribution in [3.05, 3.63) is 0 Å². The molecule has 0 aliphatic carbocycles. The maximum Gasteiger partial charge on any atom is 0.165 e. The van der Waals surface area contributed by atoms with Crippen LogP contribution in [0.25, 0.3) is 0 Å². The molecular weight excluding hydrogens is 166 g/mol. The van der Waals surface area contributed by atoms with Gasteiger partial charge in [-0.15, -0.1) is 0 Å². The predicted molar refractivity (Wildman–Crippen MR) is 51.5 cm³/mol. The third-order valence-corrected chi connectivity index (χ3v) is 2.59. The Labute approximate surface area is 79.5 Å². The van der Waals surface area contributed by atoms with E-state index in [1.165, 1.54) is 0 Å². The molecule has 0 saturated carbocycles. The number of carbonyl (C=O) groups excluding carboxylic acids is 1. The second-order valence-electron chi connectivity index (χ2n) is 4.06. The highest BCUT2D eigenvalue weighted by molar-refractivity contribution is 5.85. The van der Waals surface area contributed by atoms with Crippen LogP contribution in [0.15, 0.2) is 0 Å². The van der Waals surface area contributed by atoms with Crippen LogP contribution in [0.5, 0.6) is 0 Å². The maximum atomic E-state index is 11.5. The Bertz CT molecular complexity index is 174. The van der Waals surface area contributed by atoms with Crippen LogP contribution in [0.4, 0.5) is 0 Å². The number of Topliss-reactive ketones (excluding diaryl/α,β-unsaturated/α-hetero) is 1. The van der Waals surface area contributed by atoms with Gasteiger partial charge in [-0.25, -0.2) is 0 Å². The van der Waals surface area contributed by atoms with Gasteiger partial charge in [-0.05, 0) is 19.4 Å². The molecule has 1 aliphatic heterocycles. The van der Waals surface area contributed by atoms with Crippen molar-refractivity contribution in [2.75, 3.05) is 6.54 Å². The highest BCUT2D eigenvalue weighted by Gasteiger charge is 2.28. The third kappa shape index (κ3) is 2.78. The summed E-state index contributed by atoms with van der Waals surface area (Å²) in [4.78, 5) is 11.5. The van der Waals surface area contributed by atoms with Crippen LogP contribution in [0.3, 0.4) is 0 Å². The van der Waals surface area contributed by atoms with Crippen LogP contribution in [-0.4, -0.2) is 29.6 Å². The van der Waals surface area contributed by atoms with Crippen LogP contribution in [0.1, 0.15) is 33.1 Å². The smallest absolute Gasteiger partial charge is 0.165 e. The quantitative estimate of drug-likeness (QED) is 0.681. The van der Waals surface area contributed by atoms with Gasteiger partial charge in [-0.2, -0.15) is 0 Å². The summed E-state index contributed by atoms with van der Waals surface area (Å²) in [5.41, 5.74) is 0. The molecule has 3 nitrogen and oxygen atoms in total. The van der Waals surface area contributed by atoms with E-state index in [4.69, 9.17) is 0 Å². The van der Waals surface area contributed by atoms with E-state index in [0.29, 0.717) is 0 Å². The van der Waals surface area contributed by atoms with E-state index in [2.05, 4.69) is 5.32 Å². The van der Waals surface area contributed by atoms with Crippen LogP contribution in [-0.2, 0) is 4.79 Å². The number of hydrogen-bond donors (Lipinski definition) is 2. The lowest BCUT2D eigenvalue weighted by atomic mass is 9.93. The Morgan fingerprint density at radius 3 is 2.62 bits per heavy atom. The highest BCUT2D eigenvalue weighted by Crippen LogP contribution is 2.13. The zero-order valence-corrected chi connectivity index (χ0v) is 8.42. The minimum absolute atomic E-state index is 0.0105. The van der Waals surface area contributed by atoms with E-state index >= 15 is 0 Å². The Hall–Kier alpha value is -0.410. The molecule has 1 fully saturated rings. The van der Waals surface area contributed by atoms with Crippen molar-refractivity contribution in [1.82, 2.24) is 5.32 Å². The summed E-state index contributed by atoms with van der Waals surface area (Å²) in [5, 5.41) is 12.9. The molecule has 1 saturated heterocycles. The molecule has 13 heavy (non-hydrogen) atoms. The molecule has 0 aromatic heterocycles. The minimum Gasteiger partial charge on any atom is -0.384 e. The van der Waals surface area contributed by atoms with E-state index in [-0.39, 0.29) is 17.7 Å². The zero-order chi connectivity index (χ0) is 9.84. The number of piperidine rings is 1. The van der Waals surface area contributed by atoms with Gasteiger partial charge in [0.15, 0.2) is 5.78 Å². The standard InChI is InChI=1S/C10H19NO2/c1-7(2)9(12)10(13)8-5-3-4-6-11-8/h7-8,10-11,13H,3-6H2,1-2H3. The number of carbonyl (C=O) groups is 1. The summed E-state index contributed by atoms with van der Waals surface area (Å²) in [5.74, 6) is -0.113. The normalized spacial score (nSPS) is 26.0. The fraction of sp³-hybridized carbons (Fsp3) is 0.900. The van der Waals surface area contributed by atoms with Gasteiger partial charge < -0.3 is 10.4 Å². The number of rotatable bonds is 3. The van der Waals surface area contributed by atoms with Crippen LogP contribution in [0.2, 0.25) is 0 Å². The number of nitrogens with one attached hydrogen (secondary N) is 1. The molecule has 0 amide bonds. The van der Waals surface area contributed by atoms with Crippen LogP contribution < -0.4 is 5.32 Å². The average Bonchev–Trinajstić information content (AvgIpc) is 2.17. The van der Waals surface area contributed by atoms with E-state index in [1.54, 1.807) is 0 Å². The molecule has 0 aromatic rings.